The number of anilines is 1. The maximum absolute atomic E-state index is 12.5. The van der Waals surface area contributed by atoms with Crippen molar-refractivity contribution in [3.63, 3.8) is 0 Å². The number of para-hydroxylation sites is 1. The van der Waals surface area contributed by atoms with Crippen molar-refractivity contribution in [2.24, 2.45) is 0 Å². The molecule has 0 spiro atoms. The minimum Gasteiger partial charge on any atom is -0.488 e. The second kappa shape index (κ2) is 5.01. The number of benzene rings is 1. The van der Waals surface area contributed by atoms with Crippen LogP contribution in [0.4, 0.5) is 5.69 Å². The molecule has 0 atom stereocenters. The number of hydrogen-bond acceptors (Lipinski definition) is 3. The highest BCUT2D eigenvalue weighted by molar-refractivity contribution is 9.10. The van der Waals surface area contributed by atoms with Gasteiger partial charge in [0.1, 0.15) is 6.61 Å². The number of amides is 1. The molecule has 0 saturated heterocycles. The van der Waals surface area contributed by atoms with Crippen LogP contribution in [0, 0.1) is 0 Å². The van der Waals surface area contributed by atoms with Crippen molar-refractivity contribution in [3.05, 3.63) is 52.8 Å². The molecular weight excluding hydrogens is 308 g/mol. The van der Waals surface area contributed by atoms with Crippen LogP contribution in [0.1, 0.15) is 10.4 Å². The van der Waals surface area contributed by atoms with E-state index in [2.05, 4.69) is 20.9 Å². The number of aromatic nitrogens is 1. The van der Waals surface area contributed by atoms with Gasteiger partial charge in [-0.25, -0.2) is 0 Å². The highest BCUT2D eigenvalue weighted by atomic mass is 79.9. The van der Waals surface area contributed by atoms with Crippen molar-refractivity contribution in [1.29, 1.82) is 0 Å². The summed E-state index contributed by atoms with van der Waals surface area (Å²) in [7, 11) is 0. The lowest BCUT2D eigenvalue weighted by molar-refractivity contribution is 0.0976. The van der Waals surface area contributed by atoms with Gasteiger partial charge < -0.3 is 9.64 Å². The molecule has 1 aliphatic heterocycles. The fourth-order valence-corrected chi connectivity index (χ4v) is 2.54. The molecule has 0 aliphatic carbocycles. The van der Waals surface area contributed by atoms with Crippen LogP contribution in [0.2, 0.25) is 0 Å². The van der Waals surface area contributed by atoms with Gasteiger partial charge in [0.2, 0.25) is 0 Å². The zero-order valence-corrected chi connectivity index (χ0v) is 11.6. The Kier molecular flexibility index (Phi) is 3.21. The number of fused-ring (bicyclic) bond motifs is 1. The van der Waals surface area contributed by atoms with Crippen LogP contribution in [0.3, 0.4) is 0 Å². The molecule has 1 aromatic heterocycles. The highest BCUT2D eigenvalue weighted by Crippen LogP contribution is 2.38. The lowest BCUT2D eigenvalue weighted by Crippen LogP contribution is -2.38. The Balaban J connectivity index is 2.01. The Labute approximate surface area is 119 Å². The van der Waals surface area contributed by atoms with Crippen molar-refractivity contribution in [1.82, 2.24) is 4.98 Å². The first kappa shape index (κ1) is 12.2. The molecule has 0 unspecified atom stereocenters. The Bertz CT molecular complexity index is 616. The number of hydrogen-bond donors (Lipinski definition) is 0. The standard InChI is InChI=1S/C14H11BrN2O2/c15-11-2-1-3-12-13(11)19-9-8-17(12)14(18)10-4-6-16-7-5-10/h1-7H,8-9H2. The van der Waals surface area contributed by atoms with E-state index in [1.54, 1.807) is 29.4 Å². The van der Waals surface area contributed by atoms with Gasteiger partial charge >= 0.3 is 0 Å². The van der Waals surface area contributed by atoms with Crippen LogP contribution in [-0.2, 0) is 0 Å². The van der Waals surface area contributed by atoms with Gasteiger partial charge in [0.25, 0.3) is 5.91 Å². The van der Waals surface area contributed by atoms with Gasteiger partial charge in [-0.15, -0.1) is 0 Å². The predicted octanol–water partition coefficient (Wildman–Crippen LogP) is 2.88. The van der Waals surface area contributed by atoms with Crippen LogP contribution in [0.5, 0.6) is 5.75 Å². The summed E-state index contributed by atoms with van der Waals surface area (Å²) in [6, 6.07) is 9.12. The third-order valence-electron chi connectivity index (χ3n) is 2.97. The fourth-order valence-electron chi connectivity index (χ4n) is 2.07. The van der Waals surface area contributed by atoms with E-state index in [0.717, 1.165) is 15.9 Å². The van der Waals surface area contributed by atoms with Crippen molar-refractivity contribution in [2.45, 2.75) is 0 Å². The first-order valence-corrected chi connectivity index (χ1v) is 6.70. The van der Waals surface area contributed by atoms with Gasteiger partial charge in [-0.1, -0.05) is 6.07 Å². The molecular formula is C14H11BrN2O2. The number of ether oxygens (including phenoxy) is 1. The molecule has 3 rings (SSSR count). The van der Waals surface area contributed by atoms with E-state index >= 15 is 0 Å². The minimum atomic E-state index is -0.0370. The summed E-state index contributed by atoms with van der Waals surface area (Å²) in [4.78, 5) is 18.2. The maximum Gasteiger partial charge on any atom is 0.258 e. The third kappa shape index (κ3) is 2.21. The summed E-state index contributed by atoms with van der Waals surface area (Å²) >= 11 is 3.44. The molecule has 2 aromatic rings. The molecule has 96 valence electrons. The van der Waals surface area contributed by atoms with Crippen molar-refractivity contribution in [2.75, 3.05) is 18.1 Å². The molecule has 19 heavy (non-hydrogen) atoms. The van der Waals surface area contributed by atoms with E-state index in [1.165, 1.54) is 0 Å². The van der Waals surface area contributed by atoms with Gasteiger partial charge in [0.05, 0.1) is 16.7 Å². The van der Waals surface area contributed by atoms with Crippen molar-refractivity contribution >= 4 is 27.5 Å². The number of halogens is 1. The zero-order chi connectivity index (χ0) is 13.2. The first-order chi connectivity index (χ1) is 9.27. The maximum atomic E-state index is 12.5. The summed E-state index contributed by atoms with van der Waals surface area (Å²) in [6.45, 7) is 1.04. The molecule has 4 nitrogen and oxygen atoms in total. The van der Waals surface area contributed by atoms with E-state index in [-0.39, 0.29) is 5.91 Å². The highest BCUT2D eigenvalue weighted by Gasteiger charge is 2.25. The normalized spacial score (nSPS) is 13.6. The monoisotopic (exact) mass is 318 g/mol. The van der Waals surface area contributed by atoms with Crippen LogP contribution >= 0.6 is 15.9 Å². The van der Waals surface area contributed by atoms with E-state index in [1.807, 2.05) is 18.2 Å². The van der Waals surface area contributed by atoms with Gasteiger partial charge in [-0.2, -0.15) is 0 Å². The van der Waals surface area contributed by atoms with E-state index < -0.39 is 0 Å². The van der Waals surface area contributed by atoms with Gasteiger partial charge in [-0.3, -0.25) is 9.78 Å². The summed E-state index contributed by atoms with van der Waals surface area (Å²) in [6.07, 6.45) is 3.24. The summed E-state index contributed by atoms with van der Waals surface area (Å²) in [5, 5.41) is 0. The van der Waals surface area contributed by atoms with Gasteiger partial charge in [-0.05, 0) is 40.2 Å². The summed E-state index contributed by atoms with van der Waals surface area (Å²) in [5.41, 5.74) is 1.42. The Morgan fingerprint density at radius 1 is 1.26 bits per heavy atom. The van der Waals surface area contributed by atoms with Crippen LogP contribution in [-0.4, -0.2) is 24.0 Å². The fraction of sp³-hybridized carbons (Fsp3) is 0.143. The molecule has 0 saturated carbocycles. The molecule has 1 aliphatic rings. The Morgan fingerprint density at radius 2 is 2.05 bits per heavy atom. The Morgan fingerprint density at radius 3 is 2.84 bits per heavy atom. The third-order valence-corrected chi connectivity index (χ3v) is 3.60. The number of pyridine rings is 1. The van der Waals surface area contributed by atoms with Gasteiger partial charge in [0, 0.05) is 18.0 Å². The number of rotatable bonds is 1. The van der Waals surface area contributed by atoms with E-state index in [0.29, 0.717) is 18.7 Å². The smallest absolute Gasteiger partial charge is 0.258 e. The summed E-state index contributed by atoms with van der Waals surface area (Å²) < 4.78 is 6.48. The molecule has 0 bridgehead atoms. The predicted molar refractivity (Wildman–Crippen MR) is 75.6 cm³/mol. The van der Waals surface area contributed by atoms with Gasteiger partial charge in [0.15, 0.2) is 5.75 Å². The molecule has 0 fully saturated rings. The van der Waals surface area contributed by atoms with E-state index in [4.69, 9.17) is 4.74 Å². The molecule has 0 radical (unpaired) electrons. The van der Waals surface area contributed by atoms with Crippen LogP contribution in [0.15, 0.2) is 47.2 Å². The first-order valence-electron chi connectivity index (χ1n) is 5.90. The van der Waals surface area contributed by atoms with Crippen molar-refractivity contribution in [3.8, 4) is 5.75 Å². The zero-order valence-electron chi connectivity index (χ0n) is 10.0. The Hall–Kier alpha value is -1.88. The average molecular weight is 319 g/mol. The van der Waals surface area contributed by atoms with Crippen LogP contribution in [0.25, 0.3) is 0 Å². The SMILES string of the molecule is O=C(c1ccncc1)N1CCOc2c(Br)cccc21. The quantitative estimate of drug-likeness (QED) is 0.812. The molecule has 5 heteroatoms. The van der Waals surface area contributed by atoms with Crippen molar-refractivity contribution < 1.29 is 9.53 Å². The molecule has 1 aromatic carbocycles. The summed E-state index contributed by atoms with van der Waals surface area (Å²) in [5.74, 6) is 0.682. The molecule has 0 N–H and O–H groups in total. The average Bonchev–Trinajstić information content (AvgIpc) is 2.47. The molecule has 1 amide bonds. The topological polar surface area (TPSA) is 42.4 Å². The van der Waals surface area contributed by atoms with Crippen LogP contribution < -0.4 is 9.64 Å². The number of carbonyl (C=O) groups is 1. The largest absolute Gasteiger partial charge is 0.488 e. The lowest BCUT2D eigenvalue weighted by atomic mass is 10.2. The number of nitrogens with zero attached hydrogens (tertiary/aromatic N) is 2. The molecule has 2 heterocycles. The lowest BCUT2D eigenvalue weighted by Gasteiger charge is -2.30. The second-order valence-electron chi connectivity index (χ2n) is 4.13. The van der Waals surface area contributed by atoms with E-state index in [9.17, 15) is 4.79 Å². The second-order valence-corrected chi connectivity index (χ2v) is 4.98. The minimum absolute atomic E-state index is 0.0370. The number of carbonyl (C=O) groups excluding carboxylic acids is 1.